The number of nitrogens with zero attached hydrogens (tertiary/aromatic N) is 1. The average Bonchev–Trinajstić information content (AvgIpc) is 2.28. The number of fused-ring (bicyclic) bond motifs is 1. The van der Waals surface area contributed by atoms with Crippen molar-refractivity contribution in [2.75, 3.05) is 18.4 Å². The van der Waals surface area contributed by atoms with Crippen LogP contribution in [-0.2, 0) is 22.3 Å². The van der Waals surface area contributed by atoms with E-state index in [2.05, 4.69) is 9.12 Å². The minimum Gasteiger partial charge on any atom is -0.385 e. The zero-order valence-corrected chi connectivity index (χ0v) is 10.4. The number of nitrogens with one attached hydrogen (secondary N) is 1. The Balaban J connectivity index is 2.28. The standard InChI is InChI=1S/C11H15N3O2S/c1-16-7-3-5-8-4-2-6-9-10(8)11(12)14-17(15)13-9/h2,4,6,13H,3,5,7H2,1H3,(H2,12,14). The Kier molecular flexibility index (Phi) is 3.75. The van der Waals surface area contributed by atoms with Gasteiger partial charge in [-0.3, -0.25) is 4.72 Å². The molecule has 0 bridgehead atoms. The van der Waals surface area contributed by atoms with Crippen LogP contribution in [0.2, 0.25) is 0 Å². The van der Waals surface area contributed by atoms with E-state index in [1.54, 1.807) is 7.11 Å². The molecule has 1 heterocycles. The van der Waals surface area contributed by atoms with E-state index in [9.17, 15) is 4.21 Å². The summed E-state index contributed by atoms with van der Waals surface area (Å²) in [7, 11) is 1.68. The van der Waals surface area contributed by atoms with Crippen LogP contribution in [0.25, 0.3) is 0 Å². The number of hydrogen-bond donors (Lipinski definition) is 2. The van der Waals surface area contributed by atoms with E-state index in [4.69, 9.17) is 10.5 Å². The molecule has 1 atom stereocenters. The molecule has 1 aliphatic heterocycles. The third-order valence-corrected chi connectivity index (χ3v) is 3.34. The number of rotatable bonds is 4. The fourth-order valence-electron chi connectivity index (χ4n) is 1.85. The lowest BCUT2D eigenvalue weighted by Gasteiger charge is -2.18. The second kappa shape index (κ2) is 5.29. The van der Waals surface area contributed by atoms with Gasteiger partial charge in [0, 0.05) is 19.3 Å². The van der Waals surface area contributed by atoms with Gasteiger partial charge in [-0.05, 0) is 24.5 Å². The fourth-order valence-corrected chi connectivity index (χ4v) is 2.53. The summed E-state index contributed by atoms with van der Waals surface area (Å²) in [6, 6.07) is 5.78. The van der Waals surface area contributed by atoms with Crippen LogP contribution >= 0.6 is 0 Å². The predicted octanol–water partition coefficient (Wildman–Crippen LogP) is 0.975. The Hall–Kier alpha value is -1.40. The summed E-state index contributed by atoms with van der Waals surface area (Å²) >= 11 is -1.46. The fraction of sp³-hybridized carbons (Fsp3) is 0.364. The van der Waals surface area contributed by atoms with Crippen LogP contribution in [0, 0.1) is 0 Å². The van der Waals surface area contributed by atoms with Gasteiger partial charge in [0.15, 0.2) is 0 Å². The summed E-state index contributed by atoms with van der Waals surface area (Å²) < 4.78 is 23.0. The van der Waals surface area contributed by atoms with Crippen molar-refractivity contribution in [3.63, 3.8) is 0 Å². The molecule has 1 unspecified atom stereocenters. The molecule has 0 saturated carbocycles. The predicted molar refractivity (Wildman–Crippen MR) is 69.1 cm³/mol. The molecule has 6 heteroatoms. The summed E-state index contributed by atoms with van der Waals surface area (Å²) in [5, 5.41) is 0. The number of hydrogen-bond acceptors (Lipinski definition) is 3. The van der Waals surface area contributed by atoms with E-state index in [1.165, 1.54) is 0 Å². The third kappa shape index (κ3) is 2.65. The second-order valence-electron chi connectivity index (χ2n) is 3.76. The summed E-state index contributed by atoms with van der Waals surface area (Å²) in [5.41, 5.74) is 8.58. The van der Waals surface area contributed by atoms with Crippen LogP contribution in [0.1, 0.15) is 17.5 Å². The van der Waals surface area contributed by atoms with Gasteiger partial charge in [-0.25, -0.2) is 4.21 Å². The molecule has 0 aliphatic carbocycles. The van der Waals surface area contributed by atoms with Crippen molar-refractivity contribution in [2.45, 2.75) is 12.8 Å². The van der Waals surface area contributed by atoms with Crippen molar-refractivity contribution >= 4 is 22.7 Å². The highest BCUT2D eigenvalue weighted by atomic mass is 32.2. The first-order valence-electron chi connectivity index (χ1n) is 5.36. The van der Waals surface area contributed by atoms with Gasteiger partial charge in [0.1, 0.15) is 5.84 Å². The van der Waals surface area contributed by atoms with Gasteiger partial charge in [-0.2, -0.15) is 4.40 Å². The summed E-state index contributed by atoms with van der Waals surface area (Å²) in [6.45, 7) is 0.708. The molecule has 0 radical (unpaired) electrons. The van der Waals surface area contributed by atoms with Crippen LogP contribution in [0.5, 0.6) is 0 Å². The van der Waals surface area contributed by atoms with Crippen molar-refractivity contribution in [2.24, 2.45) is 10.1 Å². The SMILES string of the molecule is COCCCc1cccc2c1C(N)=NS(=O)N2. The van der Waals surface area contributed by atoms with Gasteiger partial charge in [-0.15, -0.1) is 0 Å². The van der Waals surface area contributed by atoms with Crippen molar-refractivity contribution in [3.05, 3.63) is 29.3 Å². The molecule has 0 amide bonds. The molecular formula is C11H15N3O2S. The number of methoxy groups -OCH3 is 1. The highest BCUT2D eigenvalue weighted by molar-refractivity contribution is 7.85. The molecule has 0 saturated heterocycles. The highest BCUT2D eigenvalue weighted by Crippen LogP contribution is 2.24. The summed E-state index contributed by atoms with van der Waals surface area (Å²) in [5.74, 6) is 0.338. The Morgan fingerprint density at radius 3 is 3.12 bits per heavy atom. The Morgan fingerprint density at radius 2 is 2.35 bits per heavy atom. The van der Waals surface area contributed by atoms with Gasteiger partial charge in [-0.1, -0.05) is 12.1 Å². The molecule has 2 rings (SSSR count). The smallest absolute Gasteiger partial charge is 0.244 e. The molecule has 5 nitrogen and oxygen atoms in total. The van der Waals surface area contributed by atoms with Gasteiger partial charge >= 0.3 is 0 Å². The lowest BCUT2D eigenvalue weighted by molar-refractivity contribution is 0.195. The molecule has 17 heavy (non-hydrogen) atoms. The maximum atomic E-state index is 11.3. The van der Waals surface area contributed by atoms with E-state index in [1.807, 2.05) is 18.2 Å². The van der Waals surface area contributed by atoms with E-state index in [0.717, 1.165) is 29.7 Å². The van der Waals surface area contributed by atoms with Gasteiger partial charge in [0.25, 0.3) is 0 Å². The molecule has 1 aliphatic rings. The number of benzene rings is 1. The molecule has 1 aromatic carbocycles. The van der Waals surface area contributed by atoms with Crippen molar-refractivity contribution in [3.8, 4) is 0 Å². The largest absolute Gasteiger partial charge is 0.385 e. The maximum Gasteiger partial charge on any atom is 0.244 e. The van der Waals surface area contributed by atoms with Crippen molar-refractivity contribution < 1.29 is 8.95 Å². The van der Waals surface area contributed by atoms with Gasteiger partial charge in [0.2, 0.25) is 11.2 Å². The van der Waals surface area contributed by atoms with E-state index >= 15 is 0 Å². The molecule has 0 aromatic heterocycles. The number of amidine groups is 1. The van der Waals surface area contributed by atoms with E-state index < -0.39 is 11.2 Å². The number of anilines is 1. The summed E-state index contributed by atoms with van der Waals surface area (Å²) in [4.78, 5) is 0. The molecule has 0 fully saturated rings. The van der Waals surface area contributed by atoms with E-state index in [0.29, 0.717) is 12.4 Å². The molecule has 3 N–H and O–H groups in total. The third-order valence-electron chi connectivity index (χ3n) is 2.58. The van der Waals surface area contributed by atoms with Crippen LogP contribution < -0.4 is 10.5 Å². The molecular weight excluding hydrogens is 238 g/mol. The number of nitrogens with two attached hydrogens (primary N) is 1. The quantitative estimate of drug-likeness (QED) is 0.785. The lowest BCUT2D eigenvalue weighted by Crippen LogP contribution is -2.24. The average molecular weight is 253 g/mol. The molecule has 1 aromatic rings. The Labute approximate surface area is 103 Å². The monoisotopic (exact) mass is 253 g/mol. The Morgan fingerprint density at radius 1 is 1.53 bits per heavy atom. The van der Waals surface area contributed by atoms with Crippen LogP contribution in [0.15, 0.2) is 22.6 Å². The summed E-state index contributed by atoms with van der Waals surface area (Å²) in [6.07, 6.45) is 1.78. The highest BCUT2D eigenvalue weighted by Gasteiger charge is 2.18. The lowest BCUT2D eigenvalue weighted by atomic mass is 10.0. The minimum atomic E-state index is -1.46. The molecule has 0 spiro atoms. The van der Waals surface area contributed by atoms with Gasteiger partial charge < -0.3 is 10.5 Å². The minimum absolute atomic E-state index is 0.338. The molecule has 92 valence electrons. The number of ether oxygens (including phenoxy) is 1. The Bertz CT molecular complexity index is 474. The maximum absolute atomic E-state index is 11.3. The van der Waals surface area contributed by atoms with E-state index in [-0.39, 0.29) is 0 Å². The van der Waals surface area contributed by atoms with Crippen molar-refractivity contribution in [1.29, 1.82) is 0 Å². The van der Waals surface area contributed by atoms with Crippen LogP contribution in [0.3, 0.4) is 0 Å². The zero-order valence-electron chi connectivity index (χ0n) is 9.60. The second-order valence-corrected chi connectivity index (χ2v) is 4.65. The first-order chi connectivity index (χ1) is 8.22. The first kappa shape index (κ1) is 12.1. The normalized spacial score (nSPS) is 18.2. The zero-order chi connectivity index (χ0) is 12.3. The first-order valence-corrected chi connectivity index (χ1v) is 6.47. The van der Waals surface area contributed by atoms with Crippen LogP contribution in [0.4, 0.5) is 5.69 Å². The van der Waals surface area contributed by atoms with Crippen molar-refractivity contribution in [1.82, 2.24) is 0 Å². The van der Waals surface area contributed by atoms with Gasteiger partial charge in [0.05, 0.1) is 5.69 Å². The topological polar surface area (TPSA) is 76.7 Å². The number of aryl methyl sites for hydroxylation is 1. The van der Waals surface area contributed by atoms with Crippen LogP contribution in [-0.4, -0.2) is 23.8 Å².